The largest absolute Gasteiger partial charge is 0.457 e. The molecule has 0 bridgehead atoms. The van der Waals surface area contributed by atoms with Gasteiger partial charge >= 0.3 is 0 Å². The highest BCUT2D eigenvalue weighted by Gasteiger charge is 2.40. The number of rotatable bonds is 5. The van der Waals surface area contributed by atoms with Crippen LogP contribution in [-0.2, 0) is 19.6 Å². The SMILES string of the molecule is O=C1C[C@H](C(=O)NO)N(S(=O)(=O)c2ccc(Oc3ccc(F)cc3)cc2)CN1. The number of ether oxygens (including phenoxy) is 1. The van der Waals surface area contributed by atoms with Crippen molar-refractivity contribution < 1.29 is 32.3 Å². The van der Waals surface area contributed by atoms with Gasteiger partial charge in [0.25, 0.3) is 5.91 Å². The van der Waals surface area contributed by atoms with Crippen molar-refractivity contribution in [3.05, 3.63) is 54.3 Å². The van der Waals surface area contributed by atoms with E-state index in [4.69, 9.17) is 9.94 Å². The lowest BCUT2D eigenvalue weighted by atomic mass is 10.1. The highest BCUT2D eigenvalue weighted by molar-refractivity contribution is 7.89. The van der Waals surface area contributed by atoms with Crippen LogP contribution in [0.4, 0.5) is 4.39 Å². The van der Waals surface area contributed by atoms with Crippen molar-refractivity contribution in [2.75, 3.05) is 6.67 Å². The Balaban J connectivity index is 1.82. The molecule has 0 unspecified atom stereocenters. The molecular formula is C17H16FN3O6S. The average molecular weight is 409 g/mol. The zero-order valence-corrected chi connectivity index (χ0v) is 15.1. The number of hydroxylamine groups is 1. The minimum atomic E-state index is -4.14. The van der Waals surface area contributed by atoms with Crippen molar-refractivity contribution in [3.8, 4) is 11.5 Å². The highest BCUT2D eigenvalue weighted by atomic mass is 32.2. The molecule has 1 heterocycles. The van der Waals surface area contributed by atoms with Crippen LogP contribution in [0.15, 0.2) is 53.4 Å². The minimum Gasteiger partial charge on any atom is -0.457 e. The van der Waals surface area contributed by atoms with Gasteiger partial charge in [0.2, 0.25) is 15.9 Å². The van der Waals surface area contributed by atoms with E-state index in [1.165, 1.54) is 54.0 Å². The molecule has 0 aliphatic carbocycles. The minimum absolute atomic E-state index is 0.133. The number of carbonyl (C=O) groups is 2. The van der Waals surface area contributed by atoms with E-state index in [1.54, 1.807) is 0 Å². The van der Waals surface area contributed by atoms with Crippen LogP contribution in [0, 0.1) is 5.82 Å². The third-order valence-electron chi connectivity index (χ3n) is 4.05. The molecule has 1 fully saturated rings. The molecule has 0 aromatic heterocycles. The van der Waals surface area contributed by atoms with E-state index in [2.05, 4.69) is 5.32 Å². The molecule has 2 aromatic carbocycles. The number of nitrogens with one attached hydrogen (secondary N) is 2. The summed E-state index contributed by atoms with van der Waals surface area (Å²) >= 11 is 0. The molecule has 2 amide bonds. The Hall–Kier alpha value is -3.02. The summed E-state index contributed by atoms with van der Waals surface area (Å²) < 4.78 is 44.9. The normalized spacial score (nSPS) is 17.6. The van der Waals surface area contributed by atoms with Gasteiger partial charge in [0, 0.05) is 0 Å². The van der Waals surface area contributed by atoms with E-state index in [1.807, 2.05) is 0 Å². The Bertz CT molecular complexity index is 979. The molecule has 3 N–H and O–H groups in total. The van der Waals surface area contributed by atoms with Gasteiger partial charge in [-0.25, -0.2) is 18.3 Å². The topological polar surface area (TPSA) is 125 Å². The summed E-state index contributed by atoms with van der Waals surface area (Å²) in [5, 5.41) is 11.2. The summed E-state index contributed by atoms with van der Waals surface area (Å²) in [6.45, 7) is -0.410. The van der Waals surface area contributed by atoms with E-state index in [-0.39, 0.29) is 4.90 Å². The van der Waals surface area contributed by atoms with Crippen LogP contribution in [0.5, 0.6) is 11.5 Å². The van der Waals surface area contributed by atoms with Gasteiger partial charge in [-0.3, -0.25) is 14.8 Å². The van der Waals surface area contributed by atoms with Crippen LogP contribution in [0.2, 0.25) is 0 Å². The Morgan fingerprint density at radius 1 is 1.14 bits per heavy atom. The van der Waals surface area contributed by atoms with Crippen LogP contribution in [0.1, 0.15) is 6.42 Å². The molecule has 1 saturated heterocycles. The van der Waals surface area contributed by atoms with Crippen molar-refractivity contribution in [3.63, 3.8) is 0 Å². The summed E-state index contributed by atoms with van der Waals surface area (Å²) in [5.41, 5.74) is 1.38. The van der Waals surface area contributed by atoms with Gasteiger partial charge in [0.15, 0.2) is 0 Å². The van der Waals surface area contributed by atoms with Crippen molar-refractivity contribution in [1.29, 1.82) is 0 Å². The third-order valence-corrected chi connectivity index (χ3v) is 5.92. The zero-order chi connectivity index (χ0) is 20.3. The van der Waals surface area contributed by atoms with Crippen molar-refractivity contribution in [2.45, 2.75) is 17.4 Å². The number of hydrogen-bond acceptors (Lipinski definition) is 6. The molecule has 1 atom stereocenters. The maximum atomic E-state index is 12.9. The molecule has 3 rings (SSSR count). The van der Waals surface area contributed by atoms with E-state index < -0.39 is 46.8 Å². The van der Waals surface area contributed by atoms with Crippen LogP contribution < -0.4 is 15.5 Å². The summed E-state index contributed by atoms with van der Waals surface area (Å²) in [6, 6.07) is 9.29. The maximum absolute atomic E-state index is 12.9. The molecule has 148 valence electrons. The molecule has 28 heavy (non-hydrogen) atoms. The molecule has 11 heteroatoms. The quantitative estimate of drug-likeness (QED) is 0.499. The predicted octanol–water partition coefficient (Wildman–Crippen LogP) is 0.960. The molecule has 1 aliphatic rings. The first-order valence-corrected chi connectivity index (χ1v) is 9.51. The number of sulfonamides is 1. The van der Waals surface area contributed by atoms with Gasteiger partial charge in [-0.05, 0) is 48.5 Å². The summed E-state index contributed by atoms with van der Waals surface area (Å²) in [4.78, 5) is 23.2. The molecule has 0 spiro atoms. The van der Waals surface area contributed by atoms with E-state index in [9.17, 15) is 22.4 Å². The van der Waals surface area contributed by atoms with Gasteiger partial charge in [0.05, 0.1) is 18.0 Å². The molecule has 1 aliphatic heterocycles. The summed E-state index contributed by atoms with van der Waals surface area (Å²) in [5.74, 6) is -1.24. The summed E-state index contributed by atoms with van der Waals surface area (Å²) in [7, 11) is -4.14. The lowest BCUT2D eigenvalue weighted by molar-refractivity contribution is -0.138. The number of halogens is 1. The Kier molecular flexibility index (Phi) is 5.58. The predicted molar refractivity (Wildman–Crippen MR) is 93.3 cm³/mol. The van der Waals surface area contributed by atoms with Crippen molar-refractivity contribution >= 4 is 21.8 Å². The van der Waals surface area contributed by atoms with E-state index in [0.717, 1.165) is 4.31 Å². The van der Waals surface area contributed by atoms with Gasteiger partial charge in [-0.15, -0.1) is 0 Å². The Morgan fingerprint density at radius 2 is 1.71 bits per heavy atom. The average Bonchev–Trinajstić information content (AvgIpc) is 2.69. The van der Waals surface area contributed by atoms with Crippen LogP contribution in [0.3, 0.4) is 0 Å². The van der Waals surface area contributed by atoms with Gasteiger partial charge in [-0.1, -0.05) is 0 Å². The second kappa shape index (κ2) is 7.92. The first kappa shape index (κ1) is 19.7. The van der Waals surface area contributed by atoms with Crippen LogP contribution in [0.25, 0.3) is 0 Å². The first-order valence-electron chi connectivity index (χ1n) is 8.07. The summed E-state index contributed by atoms with van der Waals surface area (Å²) in [6.07, 6.45) is -0.419. The smallest absolute Gasteiger partial charge is 0.262 e. The number of benzene rings is 2. The third kappa shape index (κ3) is 4.11. The lowest BCUT2D eigenvalue weighted by Gasteiger charge is -2.32. The number of hydrogen-bond donors (Lipinski definition) is 3. The van der Waals surface area contributed by atoms with Gasteiger partial charge in [-0.2, -0.15) is 4.31 Å². The first-order chi connectivity index (χ1) is 13.3. The fraction of sp³-hybridized carbons (Fsp3) is 0.176. The maximum Gasteiger partial charge on any atom is 0.262 e. The molecule has 0 radical (unpaired) electrons. The van der Waals surface area contributed by atoms with Crippen molar-refractivity contribution in [2.24, 2.45) is 0 Å². The standard InChI is InChI=1S/C17H16FN3O6S/c18-11-1-3-12(4-2-11)27-13-5-7-14(8-6-13)28(25,26)21-10-19-16(22)9-15(21)17(23)20-24/h1-8,15,24H,9-10H2,(H,19,22)(H,20,23)/t15-/m1/s1. The van der Waals surface area contributed by atoms with E-state index in [0.29, 0.717) is 11.5 Å². The Labute approximate surface area is 159 Å². The number of carbonyl (C=O) groups excluding carboxylic acids is 2. The molecule has 2 aromatic rings. The fourth-order valence-electron chi connectivity index (χ4n) is 2.63. The Morgan fingerprint density at radius 3 is 2.29 bits per heavy atom. The zero-order valence-electron chi connectivity index (χ0n) is 14.3. The van der Waals surface area contributed by atoms with Gasteiger partial charge in [0.1, 0.15) is 23.4 Å². The van der Waals surface area contributed by atoms with Crippen molar-refractivity contribution in [1.82, 2.24) is 15.1 Å². The van der Waals surface area contributed by atoms with Crippen LogP contribution in [-0.4, -0.2) is 42.5 Å². The number of nitrogens with zero attached hydrogens (tertiary/aromatic N) is 1. The second-order valence-electron chi connectivity index (χ2n) is 5.87. The monoisotopic (exact) mass is 409 g/mol. The van der Waals surface area contributed by atoms with E-state index >= 15 is 0 Å². The lowest BCUT2D eigenvalue weighted by Crippen LogP contribution is -2.58. The van der Waals surface area contributed by atoms with Crippen LogP contribution >= 0.6 is 0 Å². The van der Waals surface area contributed by atoms with Gasteiger partial charge < -0.3 is 10.1 Å². The number of amides is 2. The highest BCUT2D eigenvalue weighted by Crippen LogP contribution is 2.26. The molecular weight excluding hydrogens is 393 g/mol. The molecule has 9 nitrogen and oxygen atoms in total. The second-order valence-corrected chi connectivity index (χ2v) is 7.76. The fourth-order valence-corrected chi connectivity index (χ4v) is 4.12. The molecule has 0 saturated carbocycles.